The lowest BCUT2D eigenvalue weighted by Gasteiger charge is -2.00. The highest BCUT2D eigenvalue weighted by atomic mass is 127. The molecule has 0 aromatic heterocycles. The molecule has 1 fully saturated rings. The first kappa shape index (κ1) is 6.81. The van der Waals surface area contributed by atoms with Gasteiger partial charge in [-0.05, 0) is 12.3 Å². The molecule has 0 bridgehead atoms. The first-order valence-corrected chi connectivity index (χ1v) is 4.53. The van der Waals surface area contributed by atoms with E-state index in [1.165, 1.54) is 6.42 Å². The Kier molecular flexibility index (Phi) is 2.56. The fraction of sp³-hybridized carbons (Fsp3) is 1.00. The standard InChI is InChI=1S/C6H11IO/c1-5-2-6(3-7)8-4-5/h5-6H,2-4H2,1H3/t5-,6-/m1/s1. The van der Waals surface area contributed by atoms with E-state index in [0.717, 1.165) is 17.0 Å². The van der Waals surface area contributed by atoms with Gasteiger partial charge in [0.25, 0.3) is 0 Å². The van der Waals surface area contributed by atoms with Gasteiger partial charge in [-0.3, -0.25) is 0 Å². The molecule has 48 valence electrons. The predicted molar refractivity (Wildman–Crippen MR) is 42.4 cm³/mol. The lowest BCUT2D eigenvalue weighted by molar-refractivity contribution is 0.126. The van der Waals surface area contributed by atoms with Crippen LogP contribution < -0.4 is 0 Å². The second kappa shape index (κ2) is 3.01. The Morgan fingerprint density at radius 2 is 2.50 bits per heavy atom. The van der Waals surface area contributed by atoms with Crippen molar-refractivity contribution in [2.24, 2.45) is 5.92 Å². The van der Waals surface area contributed by atoms with E-state index < -0.39 is 0 Å². The normalized spacial score (nSPS) is 38.2. The summed E-state index contributed by atoms with van der Waals surface area (Å²) in [6.45, 7) is 3.22. The third-order valence-electron chi connectivity index (χ3n) is 1.45. The molecule has 1 rings (SSSR count). The van der Waals surface area contributed by atoms with Crippen LogP contribution in [-0.4, -0.2) is 17.1 Å². The number of ether oxygens (including phenoxy) is 1. The van der Waals surface area contributed by atoms with Gasteiger partial charge in [0.1, 0.15) is 0 Å². The van der Waals surface area contributed by atoms with Crippen molar-refractivity contribution in [3.8, 4) is 0 Å². The molecule has 1 heterocycles. The summed E-state index contributed by atoms with van der Waals surface area (Å²) in [5.41, 5.74) is 0. The smallest absolute Gasteiger partial charge is 0.0668 e. The Hall–Kier alpha value is 0.690. The van der Waals surface area contributed by atoms with Crippen molar-refractivity contribution < 1.29 is 4.74 Å². The van der Waals surface area contributed by atoms with Crippen LogP contribution >= 0.6 is 22.6 Å². The van der Waals surface area contributed by atoms with Gasteiger partial charge < -0.3 is 4.74 Å². The molecule has 0 saturated carbocycles. The van der Waals surface area contributed by atoms with Crippen molar-refractivity contribution in [2.45, 2.75) is 19.4 Å². The molecule has 0 N–H and O–H groups in total. The fourth-order valence-corrected chi connectivity index (χ4v) is 1.61. The van der Waals surface area contributed by atoms with E-state index in [9.17, 15) is 0 Å². The summed E-state index contributed by atoms with van der Waals surface area (Å²) >= 11 is 2.37. The largest absolute Gasteiger partial charge is 0.377 e. The van der Waals surface area contributed by atoms with Crippen molar-refractivity contribution in [1.82, 2.24) is 0 Å². The summed E-state index contributed by atoms with van der Waals surface area (Å²) in [5.74, 6) is 0.801. The Balaban J connectivity index is 2.22. The van der Waals surface area contributed by atoms with Gasteiger partial charge in [0, 0.05) is 11.0 Å². The molecule has 2 atom stereocenters. The number of hydrogen-bond donors (Lipinski definition) is 0. The summed E-state index contributed by atoms with van der Waals surface area (Å²) in [6.07, 6.45) is 1.83. The van der Waals surface area contributed by atoms with Crippen LogP contribution in [0.15, 0.2) is 0 Å². The minimum atomic E-state index is 0.561. The maximum Gasteiger partial charge on any atom is 0.0668 e. The highest BCUT2D eigenvalue weighted by Gasteiger charge is 2.19. The molecule has 0 aromatic rings. The zero-order valence-electron chi connectivity index (χ0n) is 5.06. The fourth-order valence-electron chi connectivity index (χ4n) is 0.993. The quantitative estimate of drug-likeness (QED) is 0.489. The van der Waals surface area contributed by atoms with Crippen LogP contribution in [0.4, 0.5) is 0 Å². The van der Waals surface area contributed by atoms with E-state index in [1.54, 1.807) is 0 Å². The van der Waals surface area contributed by atoms with E-state index in [1.807, 2.05) is 0 Å². The van der Waals surface area contributed by atoms with Gasteiger partial charge in [-0.1, -0.05) is 29.5 Å². The third-order valence-corrected chi connectivity index (χ3v) is 2.44. The number of hydrogen-bond acceptors (Lipinski definition) is 1. The minimum Gasteiger partial charge on any atom is -0.377 e. The van der Waals surface area contributed by atoms with Crippen LogP contribution in [0.2, 0.25) is 0 Å². The SMILES string of the molecule is C[C@H]1CO[C@@H](CI)C1. The van der Waals surface area contributed by atoms with Crippen molar-refractivity contribution >= 4 is 22.6 Å². The number of rotatable bonds is 1. The average Bonchev–Trinajstić information content (AvgIpc) is 2.14. The molecule has 0 spiro atoms. The highest BCUT2D eigenvalue weighted by molar-refractivity contribution is 14.1. The monoisotopic (exact) mass is 226 g/mol. The van der Waals surface area contributed by atoms with E-state index in [0.29, 0.717) is 6.10 Å². The third kappa shape index (κ3) is 1.58. The summed E-state index contributed by atoms with van der Waals surface area (Å²) in [6, 6.07) is 0. The van der Waals surface area contributed by atoms with Gasteiger partial charge in [0.15, 0.2) is 0 Å². The van der Waals surface area contributed by atoms with Crippen LogP contribution in [0, 0.1) is 5.92 Å². The van der Waals surface area contributed by atoms with E-state index >= 15 is 0 Å². The summed E-state index contributed by atoms with van der Waals surface area (Å²) in [5, 5.41) is 0. The molecule has 0 aliphatic carbocycles. The van der Waals surface area contributed by atoms with Crippen LogP contribution in [0.3, 0.4) is 0 Å². The molecule has 8 heavy (non-hydrogen) atoms. The van der Waals surface area contributed by atoms with E-state index in [2.05, 4.69) is 29.5 Å². The van der Waals surface area contributed by atoms with Crippen molar-refractivity contribution in [1.29, 1.82) is 0 Å². The lowest BCUT2D eigenvalue weighted by Crippen LogP contribution is -2.04. The highest BCUT2D eigenvalue weighted by Crippen LogP contribution is 2.19. The molecule has 1 saturated heterocycles. The van der Waals surface area contributed by atoms with Gasteiger partial charge in [-0.25, -0.2) is 0 Å². The molecule has 2 heteroatoms. The second-order valence-electron chi connectivity index (χ2n) is 2.45. The van der Waals surface area contributed by atoms with Crippen LogP contribution in [0.5, 0.6) is 0 Å². The number of alkyl halides is 1. The molecule has 0 unspecified atom stereocenters. The minimum absolute atomic E-state index is 0.561. The zero-order chi connectivity index (χ0) is 5.98. The molecule has 1 aliphatic rings. The molecule has 0 radical (unpaired) electrons. The Morgan fingerprint density at radius 3 is 2.75 bits per heavy atom. The molecule has 1 aliphatic heterocycles. The molecule has 0 aromatic carbocycles. The van der Waals surface area contributed by atoms with Crippen molar-refractivity contribution in [2.75, 3.05) is 11.0 Å². The topological polar surface area (TPSA) is 9.23 Å². The van der Waals surface area contributed by atoms with Gasteiger partial charge in [-0.2, -0.15) is 0 Å². The van der Waals surface area contributed by atoms with Crippen molar-refractivity contribution in [3.63, 3.8) is 0 Å². The first-order valence-electron chi connectivity index (χ1n) is 3.00. The van der Waals surface area contributed by atoms with Crippen LogP contribution in [0.25, 0.3) is 0 Å². The molecular weight excluding hydrogens is 215 g/mol. The summed E-state index contributed by atoms with van der Waals surface area (Å²) < 4.78 is 6.56. The van der Waals surface area contributed by atoms with Gasteiger partial charge in [0.2, 0.25) is 0 Å². The van der Waals surface area contributed by atoms with E-state index in [4.69, 9.17) is 4.74 Å². The van der Waals surface area contributed by atoms with Gasteiger partial charge >= 0.3 is 0 Å². The molecule has 0 amide bonds. The first-order chi connectivity index (χ1) is 3.83. The summed E-state index contributed by atoms with van der Waals surface area (Å²) in [4.78, 5) is 0. The number of halogens is 1. The second-order valence-corrected chi connectivity index (χ2v) is 3.33. The maximum atomic E-state index is 5.41. The van der Waals surface area contributed by atoms with Crippen molar-refractivity contribution in [3.05, 3.63) is 0 Å². The lowest BCUT2D eigenvalue weighted by atomic mass is 10.1. The average molecular weight is 226 g/mol. The molecule has 1 nitrogen and oxygen atoms in total. The predicted octanol–water partition coefficient (Wildman–Crippen LogP) is 1.85. The Bertz CT molecular complexity index is 74.9. The maximum absolute atomic E-state index is 5.41. The Labute approximate surface area is 63.9 Å². The van der Waals surface area contributed by atoms with Gasteiger partial charge in [0.05, 0.1) is 6.10 Å². The van der Waals surface area contributed by atoms with Gasteiger partial charge in [-0.15, -0.1) is 0 Å². The Morgan fingerprint density at radius 1 is 1.75 bits per heavy atom. The summed E-state index contributed by atoms with van der Waals surface area (Å²) in [7, 11) is 0. The van der Waals surface area contributed by atoms with E-state index in [-0.39, 0.29) is 0 Å². The van der Waals surface area contributed by atoms with Crippen LogP contribution in [0.1, 0.15) is 13.3 Å². The van der Waals surface area contributed by atoms with Crippen LogP contribution in [-0.2, 0) is 4.74 Å². The molecular formula is C6H11IO. The zero-order valence-corrected chi connectivity index (χ0v) is 7.22.